The molecule has 18 heavy (non-hydrogen) atoms. The predicted octanol–water partition coefficient (Wildman–Crippen LogP) is 4.68. The molecule has 2 aromatic rings. The van der Waals surface area contributed by atoms with E-state index in [1.165, 1.54) is 24.0 Å². The van der Waals surface area contributed by atoms with Crippen LogP contribution in [0.4, 0.5) is 0 Å². The molecule has 1 aromatic heterocycles. The number of hydrogen-bond donors (Lipinski definition) is 0. The molecule has 0 saturated heterocycles. The number of rotatable bonds is 5. The van der Waals surface area contributed by atoms with Gasteiger partial charge in [-0.3, -0.25) is 4.90 Å². The quantitative estimate of drug-likeness (QED) is 0.773. The van der Waals surface area contributed by atoms with Crippen molar-refractivity contribution in [2.45, 2.75) is 32.0 Å². The molecule has 3 heteroatoms. The van der Waals surface area contributed by atoms with Gasteiger partial charge in [0.05, 0.1) is 0 Å². The minimum absolute atomic E-state index is 0.800. The first-order chi connectivity index (χ1) is 8.81. The van der Waals surface area contributed by atoms with E-state index in [1.807, 2.05) is 0 Å². The Bertz CT molecular complexity index is 488. The van der Waals surface area contributed by atoms with Gasteiger partial charge in [-0.05, 0) is 52.9 Å². The van der Waals surface area contributed by atoms with Crippen LogP contribution in [0.2, 0.25) is 0 Å². The highest BCUT2D eigenvalue weighted by atomic mass is 79.9. The minimum Gasteiger partial charge on any atom is -0.292 e. The van der Waals surface area contributed by atoms with Gasteiger partial charge in [0.25, 0.3) is 0 Å². The molecule has 0 amide bonds. The molecule has 1 fully saturated rings. The van der Waals surface area contributed by atoms with Crippen molar-refractivity contribution < 1.29 is 0 Å². The maximum Gasteiger partial charge on any atom is 0.0248 e. The van der Waals surface area contributed by atoms with Crippen LogP contribution in [0.3, 0.4) is 0 Å². The maximum atomic E-state index is 3.49. The Hall–Kier alpha value is -0.640. The number of nitrogens with zero attached hydrogens (tertiary/aromatic N) is 1. The Balaban J connectivity index is 1.68. The number of hydrogen-bond acceptors (Lipinski definition) is 2. The van der Waals surface area contributed by atoms with Gasteiger partial charge in [-0.1, -0.05) is 28.1 Å². The van der Waals surface area contributed by atoms with E-state index in [-0.39, 0.29) is 0 Å². The van der Waals surface area contributed by atoms with Crippen LogP contribution < -0.4 is 0 Å². The third kappa shape index (κ3) is 3.22. The summed E-state index contributed by atoms with van der Waals surface area (Å²) in [5.41, 5.74) is 2.85. The van der Waals surface area contributed by atoms with E-state index in [2.05, 4.69) is 61.9 Å². The lowest BCUT2D eigenvalue weighted by Gasteiger charge is -2.21. The molecular weight excluding hydrogens is 306 g/mol. The highest BCUT2D eigenvalue weighted by molar-refractivity contribution is 9.10. The van der Waals surface area contributed by atoms with E-state index in [1.54, 1.807) is 11.3 Å². The van der Waals surface area contributed by atoms with Gasteiger partial charge in [0.2, 0.25) is 0 Å². The minimum atomic E-state index is 0.800. The molecule has 3 rings (SSSR count). The molecule has 0 radical (unpaired) electrons. The fourth-order valence-electron chi connectivity index (χ4n) is 2.20. The molecule has 0 atom stereocenters. The monoisotopic (exact) mass is 321 g/mol. The fourth-order valence-corrected chi connectivity index (χ4v) is 3.12. The second-order valence-electron chi connectivity index (χ2n) is 4.89. The number of benzene rings is 1. The van der Waals surface area contributed by atoms with E-state index < -0.39 is 0 Å². The Labute approximate surface area is 121 Å². The number of halogens is 1. The van der Waals surface area contributed by atoms with Crippen LogP contribution in [0.15, 0.2) is 45.6 Å². The molecule has 1 aliphatic rings. The Morgan fingerprint density at radius 3 is 2.39 bits per heavy atom. The molecule has 1 heterocycles. The van der Waals surface area contributed by atoms with Gasteiger partial charge in [0.15, 0.2) is 0 Å². The van der Waals surface area contributed by atoms with Crippen molar-refractivity contribution >= 4 is 27.3 Å². The molecule has 1 saturated carbocycles. The van der Waals surface area contributed by atoms with Gasteiger partial charge in [-0.15, -0.1) is 0 Å². The van der Waals surface area contributed by atoms with Crippen molar-refractivity contribution in [3.8, 4) is 0 Å². The van der Waals surface area contributed by atoms with Gasteiger partial charge < -0.3 is 0 Å². The highest BCUT2D eigenvalue weighted by Crippen LogP contribution is 2.30. The zero-order chi connectivity index (χ0) is 12.4. The Morgan fingerprint density at radius 2 is 1.78 bits per heavy atom. The van der Waals surface area contributed by atoms with Crippen LogP contribution >= 0.6 is 27.3 Å². The molecule has 1 aromatic carbocycles. The topological polar surface area (TPSA) is 3.24 Å². The van der Waals surface area contributed by atoms with Crippen LogP contribution in [-0.2, 0) is 13.1 Å². The summed E-state index contributed by atoms with van der Waals surface area (Å²) in [6, 6.07) is 11.7. The van der Waals surface area contributed by atoms with Crippen molar-refractivity contribution in [2.24, 2.45) is 0 Å². The third-order valence-electron chi connectivity index (χ3n) is 3.33. The van der Waals surface area contributed by atoms with Crippen molar-refractivity contribution in [2.75, 3.05) is 0 Å². The van der Waals surface area contributed by atoms with E-state index in [4.69, 9.17) is 0 Å². The summed E-state index contributed by atoms with van der Waals surface area (Å²) in [5.74, 6) is 0. The second-order valence-corrected chi connectivity index (χ2v) is 6.59. The normalized spacial score (nSPS) is 15.2. The molecular formula is C15H16BrNS. The van der Waals surface area contributed by atoms with Gasteiger partial charge in [-0.2, -0.15) is 11.3 Å². The predicted molar refractivity (Wildman–Crippen MR) is 80.7 cm³/mol. The lowest BCUT2D eigenvalue weighted by Crippen LogP contribution is -2.24. The van der Waals surface area contributed by atoms with Gasteiger partial charge >= 0.3 is 0 Å². The summed E-state index contributed by atoms with van der Waals surface area (Å²) in [6.07, 6.45) is 2.72. The standard InChI is InChI=1S/C15H16BrNS/c16-14-3-1-12(2-4-14)9-17(15-5-6-15)10-13-7-8-18-11-13/h1-4,7-8,11,15H,5-6,9-10H2. The van der Waals surface area contributed by atoms with Gasteiger partial charge in [0, 0.05) is 23.6 Å². The molecule has 1 nitrogen and oxygen atoms in total. The van der Waals surface area contributed by atoms with E-state index in [0.717, 1.165) is 23.6 Å². The Morgan fingerprint density at radius 1 is 1.06 bits per heavy atom. The van der Waals surface area contributed by atoms with Gasteiger partial charge in [-0.25, -0.2) is 0 Å². The maximum absolute atomic E-state index is 3.49. The molecule has 94 valence electrons. The van der Waals surface area contributed by atoms with Crippen molar-refractivity contribution in [1.29, 1.82) is 0 Å². The van der Waals surface area contributed by atoms with Crippen molar-refractivity contribution in [3.63, 3.8) is 0 Å². The molecule has 0 N–H and O–H groups in total. The third-order valence-corrected chi connectivity index (χ3v) is 4.59. The van der Waals surface area contributed by atoms with Crippen LogP contribution in [-0.4, -0.2) is 10.9 Å². The van der Waals surface area contributed by atoms with E-state index in [9.17, 15) is 0 Å². The van der Waals surface area contributed by atoms with Gasteiger partial charge in [0.1, 0.15) is 0 Å². The smallest absolute Gasteiger partial charge is 0.0248 e. The van der Waals surface area contributed by atoms with Crippen LogP contribution in [0.25, 0.3) is 0 Å². The SMILES string of the molecule is Brc1ccc(CN(Cc2ccsc2)C2CC2)cc1. The summed E-state index contributed by atoms with van der Waals surface area (Å²) >= 11 is 5.28. The molecule has 0 bridgehead atoms. The largest absolute Gasteiger partial charge is 0.292 e. The first-order valence-electron chi connectivity index (χ1n) is 6.31. The lowest BCUT2D eigenvalue weighted by atomic mass is 10.2. The number of thiophene rings is 1. The molecule has 0 unspecified atom stereocenters. The first-order valence-corrected chi connectivity index (χ1v) is 8.04. The molecule has 1 aliphatic carbocycles. The lowest BCUT2D eigenvalue weighted by molar-refractivity contribution is 0.246. The average Bonchev–Trinajstić information content (AvgIpc) is 3.10. The summed E-state index contributed by atoms with van der Waals surface area (Å²) < 4.78 is 1.15. The van der Waals surface area contributed by atoms with Crippen molar-refractivity contribution in [1.82, 2.24) is 4.90 Å². The highest BCUT2D eigenvalue weighted by Gasteiger charge is 2.28. The zero-order valence-corrected chi connectivity index (χ0v) is 12.6. The molecule has 0 aliphatic heterocycles. The Kier molecular flexibility index (Phi) is 3.83. The average molecular weight is 322 g/mol. The summed E-state index contributed by atoms with van der Waals surface area (Å²) in [4.78, 5) is 2.60. The van der Waals surface area contributed by atoms with Crippen LogP contribution in [0, 0.1) is 0 Å². The van der Waals surface area contributed by atoms with Crippen molar-refractivity contribution in [3.05, 3.63) is 56.7 Å². The summed E-state index contributed by atoms with van der Waals surface area (Å²) in [7, 11) is 0. The first kappa shape index (κ1) is 12.4. The van der Waals surface area contributed by atoms with Crippen LogP contribution in [0.1, 0.15) is 24.0 Å². The fraction of sp³-hybridized carbons (Fsp3) is 0.333. The van der Waals surface area contributed by atoms with Crippen LogP contribution in [0.5, 0.6) is 0 Å². The molecule has 0 spiro atoms. The van der Waals surface area contributed by atoms with E-state index in [0.29, 0.717) is 0 Å². The van der Waals surface area contributed by atoms with E-state index >= 15 is 0 Å². The summed E-state index contributed by atoms with van der Waals surface area (Å²) in [6.45, 7) is 2.15. The second kappa shape index (κ2) is 5.55. The summed E-state index contributed by atoms with van der Waals surface area (Å²) in [5, 5.41) is 4.43. The zero-order valence-electron chi connectivity index (χ0n) is 10.2.